The summed E-state index contributed by atoms with van der Waals surface area (Å²) in [4.78, 5) is 16.7. The van der Waals surface area contributed by atoms with Crippen LogP contribution < -0.4 is 5.32 Å². The van der Waals surface area contributed by atoms with Gasteiger partial charge in [-0.15, -0.1) is 0 Å². The van der Waals surface area contributed by atoms with E-state index in [0.717, 1.165) is 42.6 Å². The number of fused-ring (bicyclic) bond motifs is 1. The molecule has 1 unspecified atom stereocenters. The Bertz CT molecular complexity index is 914. The lowest BCUT2D eigenvalue weighted by molar-refractivity contribution is 0.0166. The number of aromatic nitrogens is 2. The van der Waals surface area contributed by atoms with Crippen molar-refractivity contribution in [3.05, 3.63) is 60.4 Å². The van der Waals surface area contributed by atoms with Crippen LogP contribution in [0, 0.1) is 0 Å². The van der Waals surface area contributed by atoms with Crippen molar-refractivity contribution in [1.29, 1.82) is 0 Å². The van der Waals surface area contributed by atoms with Crippen molar-refractivity contribution in [2.45, 2.75) is 25.4 Å². The summed E-state index contributed by atoms with van der Waals surface area (Å²) in [5, 5.41) is 2.94. The Morgan fingerprint density at radius 3 is 2.89 bits per heavy atom. The van der Waals surface area contributed by atoms with Crippen molar-refractivity contribution in [2.24, 2.45) is 0 Å². The van der Waals surface area contributed by atoms with Crippen molar-refractivity contribution < 1.29 is 14.3 Å². The molecule has 1 N–H and O–H groups in total. The lowest BCUT2D eigenvalue weighted by Crippen LogP contribution is -2.25. The van der Waals surface area contributed by atoms with Crippen LogP contribution in [0.15, 0.2) is 54.9 Å². The molecule has 3 aromatic rings. The summed E-state index contributed by atoms with van der Waals surface area (Å²) in [6.45, 7) is 2.73. The number of nitrogens with zero attached hydrogens (tertiary/aromatic N) is 2. The number of nitrogens with one attached hydrogen (secondary N) is 1. The maximum Gasteiger partial charge on any atom is 0.251 e. The van der Waals surface area contributed by atoms with Crippen molar-refractivity contribution in [1.82, 2.24) is 14.9 Å². The largest absolute Gasteiger partial charge is 0.379 e. The van der Waals surface area contributed by atoms with Gasteiger partial charge in [0.25, 0.3) is 5.91 Å². The first-order valence-electron chi connectivity index (χ1n) is 9.81. The average Bonchev–Trinajstić information content (AvgIpc) is 3.40. The van der Waals surface area contributed by atoms with Crippen LogP contribution in [-0.2, 0) is 9.47 Å². The standard InChI is InChI=1S/C22H25N3O3/c26-22(23-12-4-13-27-15-19-5-3-14-28-19)17-8-10-18(11-9-17)25-16-24-20-6-1-2-7-21(20)25/h1-2,6-11,16,19H,3-5,12-15H2,(H,23,26). The zero-order chi connectivity index (χ0) is 19.2. The molecule has 146 valence electrons. The minimum atomic E-state index is -0.0684. The van der Waals surface area contributed by atoms with Gasteiger partial charge in [-0.1, -0.05) is 12.1 Å². The molecule has 0 saturated carbocycles. The molecule has 1 aromatic heterocycles. The molecule has 6 heteroatoms. The van der Waals surface area contributed by atoms with E-state index in [1.165, 1.54) is 0 Å². The summed E-state index contributed by atoms with van der Waals surface area (Å²) in [7, 11) is 0. The molecule has 2 aromatic carbocycles. The van der Waals surface area contributed by atoms with Crippen molar-refractivity contribution in [3.8, 4) is 5.69 Å². The normalized spacial score (nSPS) is 16.5. The van der Waals surface area contributed by atoms with Gasteiger partial charge >= 0.3 is 0 Å². The predicted molar refractivity (Wildman–Crippen MR) is 108 cm³/mol. The average molecular weight is 379 g/mol. The van der Waals surface area contributed by atoms with Gasteiger partial charge in [0, 0.05) is 31.0 Å². The Labute approximate surface area is 164 Å². The SMILES string of the molecule is O=C(NCCCOCC1CCCO1)c1ccc(-n2cnc3ccccc32)cc1. The van der Waals surface area contributed by atoms with Gasteiger partial charge in [0.2, 0.25) is 0 Å². The first kappa shape index (κ1) is 18.7. The first-order chi connectivity index (χ1) is 13.8. The third kappa shape index (κ3) is 4.40. The van der Waals surface area contributed by atoms with E-state index in [1.54, 1.807) is 6.33 Å². The van der Waals surface area contributed by atoms with E-state index in [1.807, 2.05) is 53.1 Å². The number of benzene rings is 2. The van der Waals surface area contributed by atoms with E-state index in [0.29, 0.717) is 25.3 Å². The molecule has 2 heterocycles. The molecule has 1 aliphatic rings. The smallest absolute Gasteiger partial charge is 0.251 e. The number of imidazole rings is 1. The van der Waals surface area contributed by atoms with E-state index in [2.05, 4.69) is 10.3 Å². The van der Waals surface area contributed by atoms with Gasteiger partial charge in [-0.2, -0.15) is 0 Å². The minimum absolute atomic E-state index is 0.0684. The van der Waals surface area contributed by atoms with Crippen LogP contribution in [0.25, 0.3) is 16.7 Å². The van der Waals surface area contributed by atoms with Crippen LogP contribution >= 0.6 is 0 Å². The van der Waals surface area contributed by atoms with Crippen molar-refractivity contribution in [3.63, 3.8) is 0 Å². The summed E-state index contributed by atoms with van der Waals surface area (Å²) in [6.07, 6.45) is 5.05. The van der Waals surface area contributed by atoms with Crippen LogP contribution in [-0.4, -0.2) is 47.9 Å². The summed E-state index contributed by atoms with van der Waals surface area (Å²) in [5.74, 6) is -0.0684. The van der Waals surface area contributed by atoms with Gasteiger partial charge in [-0.25, -0.2) is 4.98 Å². The van der Waals surface area contributed by atoms with Crippen LogP contribution in [0.3, 0.4) is 0 Å². The van der Waals surface area contributed by atoms with Gasteiger partial charge in [0.15, 0.2) is 0 Å². The quantitative estimate of drug-likeness (QED) is 0.610. The van der Waals surface area contributed by atoms with E-state index in [-0.39, 0.29) is 12.0 Å². The monoisotopic (exact) mass is 379 g/mol. The number of para-hydroxylation sites is 2. The number of amides is 1. The molecule has 28 heavy (non-hydrogen) atoms. The molecule has 0 aliphatic carbocycles. The number of ether oxygens (including phenoxy) is 2. The lowest BCUT2D eigenvalue weighted by atomic mass is 10.2. The van der Waals surface area contributed by atoms with Gasteiger partial charge < -0.3 is 14.8 Å². The summed E-state index contributed by atoms with van der Waals surface area (Å²) < 4.78 is 13.1. The molecule has 0 spiro atoms. The Morgan fingerprint density at radius 1 is 1.21 bits per heavy atom. The molecule has 4 rings (SSSR count). The maximum atomic E-state index is 12.3. The Balaban J connectivity index is 1.25. The van der Waals surface area contributed by atoms with Gasteiger partial charge in [-0.05, 0) is 55.7 Å². The summed E-state index contributed by atoms with van der Waals surface area (Å²) >= 11 is 0. The van der Waals surface area contributed by atoms with Crippen LogP contribution in [0.2, 0.25) is 0 Å². The third-order valence-corrected chi connectivity index (χ3v) is 4.94. The number of hydrogen-bond acceptors (Lipinski definition) is 4. The minimum Gasteiger partial charge on any atom is -0.379 e. The number of carbonyl (C=O) groups is 1. The van der Waals surface area contributed by atoms with Crippen LogP contribution in [0.1, 0.15) is 29.6 Å². The molecule has 1 amide bonds. The highest BCUT2D eigenvalue weighted by Gasteiger charge is 2.15. The highest BCUT2D eigenvalue weighted by molar-refractivity contribution is 5.94. The maximum absolute atomic E-state index is 12.3. The highest BCUT2D eigenvalue weighted by atomic mass is 16.5. The van der Waals surface area contributed by atoms with Gasteiger partial charge in [-0.3, -0.25) is 9.36 Å². The Hall–Kier alpha value is -2.70. The second-order valence-corrected chi connectivity index (χ2v) is 6.97. The van der Waals surface area contributed by atoms with Crippen LogP contribution in [0.4, 0.5) is 0 Å². The molecule has 6 nitrogen and oxygen atoms in total. The Kier molecular flexibility index (Phi) is 5.99. The zero-order valence-electron chi connectivity index (χ0n) is 15.8. The molecule has 0 bridgehead atoms. The first-order valence-corrected chi connectivity index (χ1v) is 9.81. The van der Waals surface area contributed by atoms with E-state index in [9.17, 15) is 4.79 Å². The second-order valence-electron chi connectivity index (χ2n) is 6.97. The molecule has 1 aliphatic heterocycles. The fourth-order valence-electron chi connectivity index (χ4n) is 3.41. The number of hydrogen-bond donors (Lipinski definition) is 1. The van der Waals surface area contributed by atoms with Gasteiger partial charge in [0.05, 0.1) is 23.7 Å². The van der Waals surface area contributed by atoms with E-state index in [4.69, 9.17) is 9.47 Å². The molecular formula is C22H25N3O3. The van der Waals surface area contributed by atoms with Crippen molar-refractivity contribution in [2.75, 3.05) is 26.4 Å². The predicted octanol–water partition coefficient (Wildman–Crippen LogP) is 3.34. The van der Waals surface area contributed by atoms with Gasteiger partial charge in [0.1, 0.15) is 6.33 Å². The molecule has 0 radical (unpaired) electrons. The zero-order valence-corrected chi connectivity index (χ0v) is 15.8. The van der Waals surface area contributed by atoms with E-state index < -0.39 is 0 Å². The fourth-order valence-corrected chi connectivity index (χ4v) is 3.41. The highest BCUT2D eigenvalue weighted by Crippen LogP contribution is 2.18. The number of rotatable bonds is 8. The molecular weight excluding hydrogens is 354 g/mol. The molecule has 1 atom stereocenters. The number of carbonyl (C=O) groups excluding carboxylic acids is 1. The van der Waals surface area contributed by atoms with E-state index >= 15 is 0 Å². The third-order valence-electron chi connectivity index (χ3n) is 4.94. The fraction of sp³-hybridized carbons (Fsp3) is 0.364. The van der Waals surface area contributed by atoms with Crippen molar-refractivity contribution >= 4 is 16.9 Å². The molecule has 1 fully saturated rings. The van der Waals surface area contributed by atoms with Crippen LogP contribution in [0.5, 0.6) is 0 Å². The summed E-state index contributed by atoms with van der Waals surface area (Å²) in [6, 6.07) is 15.5. The Morgan fingerprint density at radius 2 is 2.07 bits per heavy atom. The molecule has 1 saturated heterocycles. The second kappa shape index (κ2) is 8.99. The topological polar surface area (TPSA) is 65.4 Å². The lowest BCUT2D eigenvalue weighted by Gasteiger charge is -2.10. The summed E-state index contributed by atoms with van der Waals surface area (Å²) in [5.41, 5.74) is 3.62.